The van der Waals surface area contributed by atoms with Gasteiger partial charge in [0, 0.05) is 0 Å². The van der Waals surface area contributed by atoms with Crippen LogP contribution >= 0.6 is 0 Å². The zero-order valence-corrected chi connectivity index (χ0v) is 10.8. The van der Waals surface area contributed by atoms with Crippen molar-refractivity contribution in [3.63, 3.8) is 0 Å². The van der Waals surface area contributed by atoms with Gasteiger partial charge in [0.1, 0.15) is 4.90 Å². The average Bonchev–Trinajstić information content (AvgIpc) is 2.24. The first kappa shape index (κ1) is 13.7. The van der Waals surface area contributed by atoms with Gasteiger partial charge in [0.05, 0.1) is 4.90 Å². The molecule has 2 aromatic carbocycles. The molecule has 0 amide bonds. The van der Waals surface area contributed by atoms with Crippen LogP contribution in [0.4, 0.5) is 0 Å². The molecular weight excluding hydrogens is 296 g/mol. The molecule has 0 fully saturated rings. The van der Waals surface area contributed by atoms with Gasteiger partial charge in [0.15, 0.2) is 5.75 Å². The van der Waals surface area contributed by atoms with Crippen molar-refractivity contribution in [3.05, 3.63) is 30.3 Å². The van der Waals surface area contributed by atoms with Crippen molar-refractivity contribution in [2.45, 2.75) is 9.79 Å². The van der Waals surface area contributed by atoms with E-state index in [0.717, 1.165) is 24.3 Å². The van der Waals surface area contributed by atoms with Crippen LogP contribution in [0.25, 0.3) is 10.8 Å². The zero-order valence-electron chi connectivity index (χ0n) is 9.14. The molecule has 0 aliphatic carbocycles. The van der Waals surface area contributed by atoms with Crippen molar-refractivity contribution in [1.29, 1.82) is 0 Å². The molecular formula is C10H7O7S2. The van der Waals surface area contributed by atoms with Gasteiger partial charge in [0.25, 0.3) is 20.2 Å². The monoisotopic (exact) mass is 303 g/mol. The number of hydrogen-bond acceptors (Lipinski definition) is 4. The van der Waals surface area contributed by atoms with Crippen molar-refractivity contribution in [1.82, 2.24) is 0 Å². The molecule has 19 heavy (non-hydrogen) atoms. The summed E-state index contributed by atoms with van der Waals surface area (Å²) in [6.07, 6.45) is 0. The van der Waals surface area contributed by atoms with E-state index in [9.17, 15) is 21.9 Å². The average molecular weight is 303 g/mol. The maximum absolute atomic E-state index is 11.5. The lowest BCUT2D eigenvalue weighted by atomic mass is 10.1. The smallest absolute Gasteiger partial charge is 0.288 e. The third kappa shape index (κ3) is 2.68. The van der Waals surface area contributed by atoms with Crippen LogP contribution in [-0.4, -0.2) is 25.9 Å². The van der Waals surface area contributed by atoms with E-state index in [2.05, 4.69) is 0 Å². The highest BCUT2D eigenvalue weighted by Crippen LogP contribution is 2.30. The quantitative estimate of drug-likeness (QED) is 0.808. The Balaban J connectivity index is 2.80. The summed E-state index contributed by atoms with van der Waals surface area (Å²) in [5.41, 5.74) is 0. The third-order valence-corrected chi connectivity index (χ3v) is 4.17. The second kappa shape index (κ2) is 4.17. The largest absolute Gasteiger partial charge is 0.298 e. The van der Waals surface area contributed by atoms with Crippen molar-refractivity contribution < 1.29 is 31.0 Å². The maximum atomic E-state index is 11.5. The van der Waals surface area contributed by atoms with Crippen LogP contribution in [0, 0.1) is 0 Å². The molecule has 0 aliphatic heterocycles. The zero-order chi connectivity index (χ0) is 14.4. The Hall–Kier alpha value is -1.68. The molecule has 7 nitrogen and oxygen atoms in total. The predicted molar refractivity (Wildman–Crippen MR) is 63.7 cm³/mol. The standard InChI is InChI=1S/C10H7O7S2/c11-9-4-7-3-8(18(12,13)14)2-1-6(7)5-10(9)19(15,16)17/h1-5H,(H,12,13,14)(H,15,16,17). The van der Waals surface area contributed by atoms with Gasteiger partial charge in [-0.1, -0.05) is 6.07 Å². The van der Waals surface area contributed by atoms with Crippen LogP contribution in [-0.2, 0) is 25.3 Å². The summed E-state index contributed by atoms with van der Waals surface area (Å²) in [5, 5.41) is 11.9. The highest BCUT2D eigenvalue weighted by atomic mass is 32.2. The van der Waals surface area contributed by atoms with Crippen LogP contribution in [0.1, 0.15) is 0 Å². The first-order valence-electron chi connectivity index (χ1n) is 4.79. The number of benzene rings is 2. The van der Waals surface area contributed by atoms with Crippen molar-refractivity contribution in [2.75, 3.05) is 0 Å². The first-order valence-corrected chi connectivity index (χ1v) is 7.67. The first-order chi connectivity index (χ1) is 8.59. The molecule has 101 valence electrons. The summed E-state index contributed by atoms with van der Waals surface area (Å²) in [6, 6.07) is 5.09. The fourth-order valence-electron chi connectivity index (χ4n) is 1.60. The van der Waals surface area contributed by atoms with Crippen molar-refractivity contribution in [3.8, 4) is 5.75 Å². The summed E-state index contributed by atoms with van der Waals surface area (Å²) < 4.78 is 61.5. The highest BCUT2D eigenvalue weighted by molar-refractivity contribution is 7.86. The predicted octanol–water partition coefficient (Wildman–Crippen LogP) is 1.48. The Labute approximate surface area is 108 Å². The molecule has 1 radical (unpaired) electrons. The van der Waals surface area contributed by atoms with E-state index in [1.54, 1.807) is 0 Å². The number of fused-ring (bicyclic) bond motifs is 1. The molecule has 2 N–H and O–H groups in total. The molecule has 0 saturated carbocycles. The minimum Gasteiger partial charge on any atom is -0.288 e. The minimum absolute atomic E-state index is 0.132. The Bertz CT molecular complexity index is 866. The van der Waals surface area contributed by atoms with E-state index in [-0.39, 0.29) is 10.8 Å². The van der Waals surface area contributed by atoms with Gasteiger partial charge in [0.2, 0.25) is 0 Å². The molecule has 0 aliphatic rings. The van der Waals surface area contributed by atoms with E-state index in [0.29, 0.717) is 0 Å². The fraction of sp³-hybridized carbons (Fsp3) is 0. The van der Waals surface area contributed by atoms with Gasteiger partial charge in [-0.05, 0) is 35.0 Å². The summed E-state index contributed by atoms with van der Waals surface area (Å²) in [7, 11) is -9.06. The normalized spacial score (nSPS) is 12.7. The van der Waals surface area contributed by atoms with Gasteiger partial charge in [-0.3, -0.25) is 14.2 Å². The van der Waals surface area contributed by atoms with Crippen LogP contribution in [0.2, 0.25) is 0 Å². The Morgan fingerprint density at radius 3 is 1.95 bits per heavy atom. The van der Waals surface area contributed by atoms with E-state index < -0.39 is 35.8 Å². The Morgan fingerprint density at radius 2 is 1.42 bits per heavy atom. The summed E-state index contributed by atoms with van der Waals surface area (Å²) in [6.45, 7) is 0. The lowest BCUT2D eigenvalue weighted by molar-refractivity contribution is 0.341. The van der Waals surface area contributed by atoms with Crippen LogP contribution in [0.5, 0.6) is 5.75 Å². The summed E-state index contributed by atoms with van der Waals surface area (Å²) in [5.74, 6) is -0.970. The van der Waals surface area contributed by atoms with E-state index >= 15 is 0 Å². The van der Waals surface area contributed by atoms with Gasteiger partial charge < -0.3 is 0 Å². The topological polar surface area (TPSA) is 129 Å². The Kier molecular flexibility index (Phi) is 3.01. The molecule has 0 aromatic heterocycles. The van der Waals surface area contributed by atoms with Gasteiger partial charge in [-0.25, -0.2) is 0 Å². The molecule has 2 rings (SSSR count). The lowest BCUT2D eigenvalue weighted by Crippen LogP contribution is -1.99. The molecule has 9 heteroatoms. The van der Waals surface area contributed by atoms with E-state index in [4.69, 9.17) is 9.11 Å². The molecule has 0 heterocycles. The number of rotatable bonds is 2. The minimum atomic E-state index is -4.64. The summed E-state index contributed by atoms with van der Waals surface area (Å²) in [4.78, 5) is -1.21. The fourth-order valence-corrected chi connectivity index (χ4v) is 2.70. The van der Waals surface area contributed by atoms with Crippen LogP contribution in [0.15, 0.2) is 40.1 Å². The number of hydrogen-bond donors (Lipinski definition) is 2. The Morgan fingerprint density at radius 1 is 0.789 bits per heavy atom. The van der Waals surface area contributed by atoms with E-state index in [1.807, 2.05) is 0 Å². The van der Waals surface area contributed by atoms with Gasteiger partial charge in [-0.15, -0.1) is 0 Å². The molecule has 0 atom stereocenters. The molecule has 0 saturated heterocycles. The van der Waals surface area contributed by atoms with Crippen molar-refractivity contribution >= 4 is 31.0 Å². The van der Waals surface area contributed by atoms with Crippen LogP contribution in [0.3, 0.4) is 0 Å². The summed E-state index contributed by atoms with van der Waals surface area (Å²) >= 11 is 0. The molecule has 0 spiro atoms. The SMILES string of the molecule is [O]c1cc2cc(S(=O)(=O)O)ccc2cc1S(=O)(=O)O. The molecule has 2 aromatic rings. The highest BCUT2D eigenvalue weighted by Gasteiger charge is 2.18. The van der Waals surface area contributed by atoms with Crippen molar-refractivity contribution in [2.24, 2.45) is 0 Å². The van der Waals surface area contributed by atoms with Crippen LogP contribution < -0.4 is 0 Å². The second-order valence-corrected chi connectivity index (χ2v) is 6.57. The molecule has 0 bridgehead atoms. The molecule has 0 unspecified atom stereocenters. The second-order valence-electron chi connectivity index (χ2n) is 3.76. The maximum Gasteiger partial charge on any atom is 0.298 e. The third-order valence-electron chi connectivity index (χ3n) is 2.45. The van der Waals surface area contributed by atoms with Gasteiger partial charge in [-0.2, -0.15) is 16.8 Å². The lowest BCUT2D eigenvalue weighted by Gasteiger charge is -2.04. The van der Waals surface area contributed by atoms with Gasteiger partial charge >= 0.3 is 0 Å². The van der Waals surface area contributed by atoms with E-state index in [1.165, 1.54) is 6.07 Å².